The van der Waals surface area contributed by atoms with Crippen LogP contribution in [0.5, 0.6) is 0 Å². The van der Waals surface area contributed by atoms with Crippen molar-refractivity contribution in [1.29, 1.82) is 0 Å². The smallest absolute Gasteiger partial charge is 0.146 e. The third kappa shape index (κ3) is 2.79. The topological polar surface area (TPSA) is 50.4 Å². The second-order valence-corrected chi connectivity index (χ2v) is 5.03. The number of furan rings is 1. The zero-order valence-corrected chi connectivity index (χ0v) is 12.3. The lowest BCUT2D eigenvalue weighted by atomic mass is 10.2. The highest BCUT2D eigenvalue weighted by Crippen LogP contribution is 2.16. The first kappa shape index (κ1) is 13.4. The van der Waals surface area contributed by atoms with E-state index in [4.69, 9.17) is 4.42 Å². The number of aromatic nitrogens is 1. The number of para-hydroxylation sites is 1. The van der Waals surface area contributed by atoms with Crippen molar-refractivity contribution in [3.05, 3.63) is 59.5 Å². The van der Waals surface area contributed by atoms with Crippen LogP contribution >= 0.6 is 0 Å². The summed E-state index contributed by atoms with van der Waals surface area (Å²) >= 11 is 0. The van der Waals surface area contributed by atoms with Crippen molar-refractivity contribution in [2.24, 2.45) is 5.10 Å². The highest BCUT2D eigenvalue weighted by molar-refractivity contribution is 6.00. The first-order valence-corrected chi connectivity index (χ1v) is 6.87. The molecule has 0 fully saturated rings. The average molecular weight is 279 g/mol. The van der Waals surface area contributed by atoms with Crippen LogP contribution in [0.1, 0.15) is 24.0 Å². The Morgan fingerprint density at radius 3 is 2.71 bits per heavy atom. The normalized spacial score (nSPS) is 11.9. The summed E-state index contributed by atoms with van der Waals surface area (Å²) in [5.74, 6) is 2.49. The molecule has 0 aliphatic carbocycles. The molecule has 4 heteroatoms. The van der Waals surface area contributed by atoms with Gasteiger partial charge in [-0.25, -0.2) is 4.98 Å². The van der Waals surface area contributed by atoms with E-state index in [-0.39, 0.29) is 0 Å². The minimum atomic E-state index is 0.728. The summed E-state index contributed by atoms with van der Waals surface area (Å²) in [5, 5.41) is 5.51. The molecule has 0 saturated carbocycles. The van der Waals surface area contributed by atoms with Crippen LogP contribution in [0.25, 0.3) is 10.9 Å². The predicted molar refractivity (Wildman–Crippen MR) is 85.8 cm³/mol. The fourth-order valence-electron chi connectivity index (χ4n) is 2.32. The number of hydrazone groups is 1. The molecule has 4 nitrogen and oxygen atoms in total. The summed E-state index contributed by atoms with van der Waals surface area (Å²) in [4.78, 5) is 4.53. The van der Waals surface area contributed by atoms with Crippen LogP contribution in [0.2, 0.25) is 0 Å². The zero-order valence-electron chi connectivity index (χ0n) is 12.3. The van der Waals surface area contributed by atoms with Gasteiger partial charge in [-0.15, -0.1) is 0 Å². The van der Waals surface area contributed by atoms with Gasteiger partial charge in [-0.3, -0.25) is 5.43 Å². The van der Waals surface area contributed by atoms with E-state index >= 15 is 0 Å². The number of anilines is 1. The molecular weight excluding hydrogens is 262 g/mol. The van der Waals surface area contributed by atoms with E-state index in [0.29, 0.717) is 0 Å². The highest BCUT2D eigenvalue weighted by Gasteiger charge is 2.07. The van der Waals surface area contributed by atoms with Crippen LogP contribution in [-0.2, 0) is 0 Å². The van der Waals surface area contributed by atoms with E-state index < -0.39 is 0 Å². The molecule has 0 radical (unpaired) electrons. The molecule has 0 saturated heterocycles. The van der Waals surface area contributed by atoms with Gasteiger partial charge in [-0.1, -0.05) is 18.2 Å². The van der Waals surface area contributed by atoms with Crippen LogP contribution < -0.4 is 5.43 Å². The van der Waals surface area contributed by atoms with E-state index in [1.807, 2.05) is 63.2 Å². The van der Waals surface area contributed by atoms with Crippen molar-refractivity contribution in [3.63, 3.8) is 0 Å². The van der Waals surface area contributed by atoms with Crippen molar-refractivity contribution in [2.75, 3.05) is 5.43 Å². The molecular formula is C17H17N3O. The molecule has 21 heavy (non-hydrogen) atoms. The molecule has 0 aliphatic heterocycles. The Hall–Kier alpha value is -2.62. The minimum absolute atomic E-state index is 0.728. The van der Waals surface area contributed by atoms with Crippen LogP contribution in [0.3, 0.4) is 0 Å². The van der Waals surface area contributed by atoms with Crippen molar-refractivity contribution in [1.82, 2.24) is 4.98 Å². The number of nitrogens with one attached hydrogen (secondary N) is 1. The molecule has 3 aromatic rings. The van der Waals surface area contributed by atoms with Crippen LogP contribution in [0.4, 0.5) is 5.82 Å². The van der Waals surface area contributed by atoms with E-state index in [9.17, 15) is 0 Å². The molecule has 3 rings (SSSR count). The maximum atomic E-state index is 5.52. The van der Waals surface area contributed by atoms with Crippen LogP contribution in [0.15, 0.2) is 52.0 Å². The first-order valence-electron chi connectivity index (χ1n) is 6.87. The van der Waals surface area contributed by atoms with Crippen LogP contribution in [0, 0.1) is 13.8 Å². The number of hydrogen-bond acceptors (Lipinski definition) is 4. The summed E-state index contributed by atoms with van der Waals surface area (Å²) in [6.07, 6.45) is 0. The van der Waals surface area contributed by atoms with Crippen molar-refractivity contribution >= 4 is 22.4 Å². The summed E-state index contributed by atoms with van der Waals surface area (Å²) < 4.78 is 5.52. The lowest BCUT2D eigenvalue weighted by Crippen LogP contribution is -2.01. The molecule has 0 unspecified atom stereocenters. The lowest BCUT2D eigenvalue weighted by molar-refractivity contribution is 0.504. The number of benzene rings is 1. The van der Waals surface area contributed by atoms with E-state index in [0.717, 1.165) is 39.5 Å². The van der Waals surface area contributed by atoms with E-state index in [2.05, 4.69) is 15.5 Å². The molecule has 106 valence electrons. The maximum absolute atomic E-state index is 5.52. The maximum Gasteiger partial charge on any atom is 0.146 e. The van der Waals surface area contributed by atoms with Gasteiger partial charge >= 0.3 is 0 Å². The monoisotopic (exact) mass is 279 g/mol. The van der Waals surface area contributed by atoms with Gasteiger partial charge in [-0.05, 0) is 45.0 Å². The second-order valence-electron chi connectivity index (χ2n) is 5.03. The number of hydrogen-bond donors (Lipinski definition) is 1. The number of nitrogens with zero attached hydrogens (tertiary/aromatic N) is 2. The van der Waals surface area contributed by atoms with Gasteiger partial charge in [0.25, 0.3) is 0 Å². The lowest BCUT2D eigenvalue weighted by Gasteiger charge is -2.03. The van der Waals surface area contributed by atoms with E-state index in [1.165, 1.54) is 0 Å². The van der Waals surface area contributed by atoms with E-state index in [1.54, 1.807) is 0 Å². The molecule has 1 aromatic carbocycles. The summed E-state index contributed by atoms with van der Waals surface area (Å²) in [5.41, 5.74) is 5.85. The zero-order chi connectivity index (χ0) is 14.8. The molecule has 2 heterocycles. The Balaban J connectivity index is 1.85. The van der Waals surface area contributed by atoms with Gasteiger partial charge in [0, 0.05) is 10.9 Å². The number of rotatable bonds is 3. The standard InChI is InChI=1S/C17H17N3O/c1-11-10-15(13(3)21-11)12(2)19-20-17-9-8-14-6-4-5-7-16(14)18-17/h4-10H,1-3H3,(H,18,20). The van der Waals surface area contributed by atoms with Gasteiger partial charge in [0.05, 0.1) is 11.2 Å². The number of pyridine rings is 1. The summed E-state index contributed by atoms with van der Waals surface area (Å²) in [6, 6.07) is 14.0. The Morgan fingerprint density at radius 2 is 1.95 bits per heavy atom. The SMILES string of the molecule is CC(=NNc1ccc2ccccc2n1)c1cc(C)oc1C. The molecule has 2 aromatic heterocycles. The summed E-state index contributed by atoms with van der Waals surface area (Å²) in [7, 11) is 0. The van der Waals surface area contributed by atoms with Gasteiger partial charge in [0.2, 0.25) is 0 Å². The van der Waals surface area contributed by atoms with Crippen molar-refractivity contribution < 1.29 is 4.42 Å². The highest BCUT2D eigenvalue weighted by atomic mass is 16.3. The average Bonchev–Trinajstić information content (AvgIpc) is 2.83. The molecule has 0 atom stereocenters. The fourth-order valence-corrected chi connectivity index (χ4v) is 2.32. The quantitative estimate of drug-likeness (QED) is 0.575. The molecule has 1 N–H and O–H groups in total. The van der Waals surface area contributed by atoms with Gasteiger partial charge in [0.15, 0.2) is 0 Å². The molecule has 0 amide bonds. The molecule has 0 bridgehead atoms. The third-order valence-electron chi connectivity index (χ3n) is 3.37. The largest absolute Gasteiger partial charge is 0.466 e. The number of fused-ring (bicyclic) bond motifs is 1. The first-order chi connectivity index (χ1) is 10.1. The molecule has 0 aliphatic rings. The number of aryl methyl sites for hydroxylation is 2. The Bertz CT molecular complexity index is 818. The second kappa shape index (κ2) is 5.40. The van der Waals surface area contributed by atoms with Crippen LogP contribution in [-0.4, -0.2) is 10.7 Å². The van der Waals surface area contributed by atoms with Gasteiger partial charge < -0.3 is 4.42 Å². The van der Waals surface area contributed by atoms with Crippen molar-refractivity contribution in [2.45, 2.75) is 20.8 Å². The Kier molecular flexibility index (Phi) is 3.44. The van der Waals surface area contributed by atoms with Gasteiger partial charge in [-0.2, -0.15) is 5.10 Å². The molecule has 0 spiro atoms. The Labute approximate surface area is 123 Å². The van der Waals surface area contributed by atoms with Gasteiger partial charge in [0.1, 0.15) is 17.3 Å². The fraction of sp³-hybridized carbons (Fsp3) is 0.176. The van der Waals surface area contributed by atoms with Crippen molar-refractivity contribution in [3.8, 4) is 0 Å². The minimum Gasteiger partial charge on any atom is -0.466 e. The summed E-state index contributed by atoms with van der Waals surface area (Å²) in [6.45, 7) is 5.82. The predicted octanol–water partition coefficient (Wildman–Crippen LogP) is 4.28. The Morgan fingerprint density at radius 1 is 1.14 bits per heavy atom. The third-order valence-corrected chi connectivity index (χ3v) is 3.37.